The Morgan fingerprint density at radius 1 is 1.09 bits per heavy atom. The molecule has 0 aliphatic rings. The van der Waals surface area contributed by atoms with Gasteiger partial charge in [0.2, 0.25) is 0 Å². The molecule has 0 unspecified atom stereocenters. The molecule has 174 valence electrons. The topological polar surface area (TPSA) is 120 Å². The van der Waals surface area contributed by atoms with Gasteiger partial charge in [0.15, 0.2) is 34.0 Å². The molecule has 0 aliphatic heterocycles. The quantitative estimate of drug-likeness (QED) is 0.263. The molecule has 0 fully saturated rings. The lowest BCUT2D eigenvalue weighted by Crippen LogP contribution is -2.20. The molecule has 0 radical (unpaired) electrons. The van der Waals surface area contributed by atoms with Crippen LogP contribution in [0.3, 0.4) is 0 Å². The van der Waals surface area contributed by atoms with E-state index in [9.17, 15) is 9.90 Å². The van der Waals surface area contributed by atoms with Gasteiger partial charge in [-0.15, -0.1) is 10.2 Å². The average molecular weight is 472 g/mol. The molecule has 33 heavy (non-hydrogen) atoms. The van der Waals surface area contributed by atoms with Crippen LogP contribution >= 0.6 is 11.8 Å². The number of thioether (sulfide) groups is 1. The Labute approximate surface area is 195 Å². The highest BCUT2D eigenvalue weighted by Gasteiger charge is 2.16. The molecule has 0 saturated carbocycles. The van der Waals surface area contributed by atoms with Gasteiger partial charge in [0.1, 0.15) is 0 Å². The van der Waals surface area contributed by atoms with Gasteiger partial charge in [-0.05, 0) is 48.9 Å². The summed E-state index contributed by atoms with van der Waals surface area (Å²) in [5, 5.41) is 22.7. The van der Waals surface area contributed by atoms with Crippen LogP contribution in [0.15, 0.2) is 46.7 Å². The third-order valence-electron chi connectivity index (χ3n) is 4.61. The molecule has 0 atom stereocenters. The van der Waals surface area contributed by atoms with Crippen LogP contribution in [0.1, 0.15) is 12.5 Å². The first-order valence-corrected chi connectivity index (χ1v) is 11.0. The minimum Gasteiger partial charge on any atom is -0.504 e. The minimum atomic E-state index is -0.291. The summed E-state index contributed by atoms with van der Waals surface area (Å²) in [6, 6.07) is 10.3. The molecule has 11 heteroatoms. The van der Waals surface area contributed by atoms with Gasteiger partial charge in [-0.3, -0.25) is 4.79 Å². The number of carbonyl (C=O) groups excluding carboxylic acids is 1. The van der Waals surface area contributed by atoms with Gasteiger partial charge in [0.25, 0.3) is 5.91 Å². The van der Waals surface area contributed by atoms with Crippen molar-refractivity contribution in [3.63, 3.8) is 0 Å². The summed E-state index contributed by atoms with van der Waals surface area (Å²) in [4.78, 5) is 12.2. The number of hydrazone groups is 1. The number of aromatic nitrogens is 3. The lowest BCUT2D eigenvalue weighted by atomic mass is 10.2. The molecular formula is C22H25N5O5S. The predicted octanol–water partition coefficient (Wildman–Crippen LogP) is 2.94. The van der Waals surface area contributed by atoms with Crippen molar-refractivity contribution in [1.82, 2.24) is 20.2 Å². The van der Waals surface area contributed by atoms with Crippen LogP contribution < -0.4 is 19.6 Å². The number of nitrogens with zero attached hydrogens (tertiary/aromatic N) is 4. The van der Waals surface area contributed by atoms with E-state index in [1.807, 2.05) is 29.7 Å². The molecule has 1 amide bonds. The molecular weight excluding hydrogens is 446 g/mol. The maximum atomic E-state index is 12.2. The first-order valence-electron chi connectivity index (χ1n) is 9.98. The van der Waals surface area contributed by atoms with Crippen LogP contribution in [0, 0.1) is 0 Å². The van der Waals surface area contributed by atoms with Crippen LogP contribution in [-0.4, -0.2) is 59.1 Å². The highest BCUT2D eigenvalue weighted by Crippen LogP contribution is 2.32. The average Bonchev–Trinajstić information content (AvgIpc) is 3.26. The van der Waals surface area contributed by atoms with E-state index >= 15 is 0 Å². The van der Waals surface area contributed by atoms with Crippen LogP contribution in [0.25, 0.3) is 11.4 Å². The van der Waals surface area contributed by atoms with Crippen molar-refractivity contribution in [2.24, 2.45) is 5.10 Å². The number of carbonyl (C=O) groups is 1. The van der Waals surface area contributed by atoms with Crippen molar-refractivity contribution >= 4 is 23.9 Å². The molecule has 2 aromatic carbocycles. The summed E-state index contributed by atoms with van der Waals surface area (Å²) in [6.07, 6.45) is 1.47. The number of phenolic OH excluding ortho intramolecular Hbond substituents is 1. The second-order valence-electron chi connectivity index (χ2n) is 6.63. The molecule has 1 aromatic heterocycles. The standard InChI is InChI=1S/C22H25N5O5S/c1-5-27-21(15-7-9-17(30-2)19(11-15)32-4)25-26-22(27)33-13-20(29)24-23-12-14-6-8-16(28)18(10-14)31-3/h6-12,28H,5,13H2,1-4H3,(H,24,29)/b23-12+. The van der Waals surface area contributed by atoms with Crippen molar-refractivity contribution in [2.45, 2.75) is 18.6 Å². The molecule has 3 aromatic rings. The lowest BCUT2D eigenvalue weighted by molar-refractivity contribution is -0.118. The third-order valence-corrected chi connectivity index (χ3v) is 5.58. The van der Waals surface area contributed by atoms with Gasteiger partial charge in [0, 0.05) is 12.1 Å². The minimum absolute atomic E-state index is 0.0302. The fraction of sp³-hybridized carbons (Fsp3) is 0.273. The summed E-state index contributed by atoms with van der Waals surface area (Å²) in [5.41, 5.74) is 3.97. The number of benzene rings is 2. The van der Waals surface area contributed by atoms with Gasteiger partial charge in [0.05, 0.1) is 33.3 Å². The number of methoxy groups -OCH3 is 3. The van der Waals surface area contributed by atoms with E-state index in [-0.39, 0.29) is 17.4 Å². The van der Waals surface area contributed by atoms with E-state index < -0.39 is 0 Å². The molecule has 0 saturated heterocycles. The largest absolute Gasteiger partial charge is 0.504 e. The second-order valence-corrected chi connectivity index (χ2v) is 7.58. The monoisotopic (exact) mass is 471 g/mol. The Morgan fingerprint density at radius 2 is 1.85 bits per heavy atom. The number of nitrogens with one attached hydrogen (secondary N) is 1. The number of aromatic hydroxyl groups is 1. The zero-order valence-corrected chi connectivity index (χ0v) is 19.5. The van der Waals surface area contributed by atoms with Gasteiger partial charge >= 0.3 is 0 Å². The Bertz CT molecular complexity index is 1150. The zero-order chi connectivity index (χ0) is 23.8. The van der Waals surface area contributed by atoms with E-state index in [0.29, 0.717) is 40.3 Å². The van der Waals surface area contributed by atoms with Crippen molar-refractivity contribution in [3.8, 4) is 34.4 Å². The Balaban J connectivity index is 1.64. The summed E-state index contributed by atoms with van der Waals surface area (Å²) in [6.45, 7) is 2.61. The van der Waals surface area contributed by atoms with Gasteiger partial charge < -0.3 is 23.9 Å². The van der Waals surface area contributed by atoms with Crippen molar-refractivity contribution in [3.05, 3.63) is 42.0 Å². The molecule has 10 nitrogen and oxygen atoms in total. The summed E-state index contributed by atoms with van der Waals surface area (Å²) in [5.74, 6) is 2.06. The molecule has 1 heterocycles. The first-order chi connectivity index (χ1) is 16.0. The van der Waals surface area contributed by atoms with Gasteiger partial charge in [-0.1, -0.05) is 11.8 Å². The first kappa shape index (κ1) is 23.9. The van der Waals surface area contributed by atoms with Crippen molar-refractivity contribution in [1.29, 1.82) is 0 Å². The fourth-order valence-corrected chi connectivity index (χ4v) is 3.78. The van der Waals surface area contributed by atoms with Crippen molar-refractivity contribution < 1.29 is 24.1 Å². The highest BCUT2D eigenvalue weighted by molar-refractivity contribution is 7.99. The number of amides is 1. The smallest absolute Gasteiger partial charge is 0.250 e. The molecule has 0 aliphatic carbocycles. The van der Waals surface area contributed by atoms with Gasteiger partial charge in [-0.25, -0.2) is 5.43 Å². The summed E-state index contributed by atoms with van der Waals surface area (Å²) >= 11 is 1.26. The second kappa shape index (κ2) is 11.2. The van der Waals surface area contributed by atoms with E-state index in [4.69, 9.17) is 14.2 Å². The fourth-order valence-electron chi connectivity index (χ4n) is 2.99. The molecule has 2 N–H and O–H groups in total. The van der Waals surface area contributed by atoms with E-state index in [0.717, 1.165) is 5.56 Å². The number of ether oxygens (including phenoxy) is 3. The Hall–Kier alpha value is -3.73. The SMILES string of the molecule is CCn1c(SCC(=O)N/N=C/c2ccc(O)c(OC)c2)nnc1-c1ccc(OC)c(OC)c1. The third kappa shape index (κ3) is 5.75. The normalized spacial score (nSPS) is 10.9. The summed E-state index contributed by atoms with van der Waals surface area (Å²) in [7, 11) is 4.62. The number of rotatable bonds is 10. The van der Waals surface area contributed by atoms with Crippen LogP contribution in [0.4, 0.5) is 0 Å². The van der Waals surface area contributed by atoms with Crippen LogP contribution in [0.2, 0.25) is 0 Å². The van der Waals surface area contributed by atoms with Crippen LogP contribution in [0.5, 0.6) is 23.0 Å². The number of phenols is 1. The summed E-state index contributed by atoms with van der Waals surface area (Å²) < 4.78 is 17.6. The van der Waals surface area contributed by atoms with E-state index in [1.54, 1.807) is 26.4 Å². The van der Waals surface area contributed by atoms with E-state index in [1.165, 1.54) is 31.2 Å². The van der Waals surface area contributed by atoms with Crippen LogP contribution in [-0.2, 0) is 11.3 Å². The Morgan fingerprint density at radius 3 is 2.55 bits per heavy atom. The lowest BCUT2D eigenvalue weighted by Gasteiger charge is -2.10. The zero-order valence-electron chi connectivity index (χ0n) is 18.7. The predicted molar refractivity (Wildman–Crippen MR) is 125 cm³/mol. The Kier molecular flexibility index (Phi) is 8.14. The maximum absolute atomic E-state index is 12.2. The number of hydrogen-bond acceptors (Lipinski definition) is 9. The van der Waals surface area contributed by atoms with Crippen molar-refractivity contribution in [2.75, 3.05) is 27.1 Å². The molecule has 3 rings (SSSR count). The molecule has 0 bridgehead atoms. The maximum Gasteiger partial charge on any atom is 0.250 e. The number of hydrogen-bond donors (Lipinski definition) is 2. The van der Waals surface area contributed by atoms with Gasteiger partial charge in [-0.2, -0.15) is 5.10 Å². The van der Waals surface area contributed by atoms with E-state index in [2.05, 4.69) is 20.7 Å². The molecule has 0 spiro atoms. The highest BCUT2D eigenvalue weighted by atomic mass is 32.2.